The molecule has 0 radical (unpaired) electrons. The molecule has 0 fully saturated rings. The number of nitrogens with zero attached hydrogens (tertiary/aromatic N) is 2. The highest BCUT2D eigenvalue weighted by Gasteiger charge is 2.35. The Bertz CT molecular complexity index is 1030. The number of nitrogens with one attached hydrogen (secondary N) is 1. The van der Waals surface area contributed by atoms with Gasteiger partial charge in [-0.05, 0) is 33.8 Å². The highest BCUT2D eigenvalue weighted by molar-refractivity contribution is 6.20. The predicted octanol–water partition coefficient (Wildman–Crippen LogP) is 3.28. The fourth-order valence-electron chi connectivity index (χ4n) is 3.27. The van der Waals surface area contributed by atoms with Crippen LogP contribution in [0.15, 0.2) is 59.6 Å². The van der Waals surface area contributed by atoms with Gasteiger partial charge in [0.05, 0.1) is 18.0 Å². The molecule has 32 heavy (non-hydrogen) atoms. The molecule has 0 bridgehead atoms. The van der Waals surface area contributed by atoms with Gasteiger partial charge in [0.15, 0.2) is 0 Å². The molecule has 1 N–H and O–H groups in total. The predicted molar refractivity (Wildman–Crippen MR) is 121 cm³/mol. The van der Waals surface area contributed by atoms with Gasteiger partial charge in [0.1, 0.15) is 12.1 Å². The molecule has 8 nitrogen and oxygen atoms in total. The Morgan fingerprint density at radius 1 is 1.06 bits per heavy atom. The first-order valence-corrected chi connectivity index (χ1v) is 10.4. The molecule has 8 heteroatoms. The molecule has 0 spiro atoms. The molecular weight excluding hydrogens is 410 g/mol. The zero-order valence-corrected chi connectivity index (χ0v) is 18.6. The molecule has 0 aliphatic carbocycles. The quantitative estimate of drug-likeness (QED) is 0.724. The summed E-state index contributed by atoms with van der Waals surface area (Å²) in [7, 11) is 0. The Labute approximate surface area is 187 Å². The highest BCUT2D eigenvalue weighted by atomic mass is 16.6. The lowest BCUT2D eigenvalue weighted by molar-refractivity contribution is -0.142. The smallest absolute Gasteiger partial charge is 0.409 e. The molecule has 2 amide bonds. The molecule has 1 atom stereocenters. The minimum atomic E-state index is -1.29. The summed E-state index contributed by atoms with van der Waals surface area (Å²) in [6, 6.07) is 16.5. The number of hydrogen-bond acceptors (Lipinski definition) is 6. The van der Waals surface area contributed by atoms with Crippen LogP contribution in [0.2, 0.25) is 0 Å². The summed E-state index contributed by atoms with van der Waals surface area (Å²) in [5, 5.41) is 2.54. The maximum Gasteiger partial charge on any atom is 0.409 e. The van der Waals surface area contributed by atoms with E-state index in [4.69, 9.17) is 9.47 Å². The average molecular weight is 437 g/mol. The normalized spacial score (nSPS) is 15.9. The number of amides is 2. The second kappa shape index (κ2) is 9.64. The van der Waals surface area contributed by atoms with E-state index in [1.807, 2.05) is 42.5 Å². The summed E-state index contributed by atoms with van der Waals surface area (Å²) < 4.78 is 10.4. The summed E-state index contributed by atoms with van der Waals surface area (Å²) >= 11 is 0. The van der Waals surface area contributed by atoms with Gasteiger partial charge in [-0.2, -0.15) is 0 Å². The molecule has 1 heterocycles. The van der Waals surface area contributed by atoms with Crippen LogP contribution in [-0.2, 0) is 19.1 Å². The molecule has 1 unspecified atom stereocenters. The van der Waals surface area contributed by atoms with Gasteiger partial charge in [0.2, 0.25) is 6.17 Å². The third kappa shape index (κ3) is 5.51. The van der Waals surface area contributed by atoms with Crippen molar-refractivity contribution in [3.05, 3.63) is 65.7 Å². The van der Waals surface area contributed by atoms with Crippen LogP contribution in [0, 0.1) is 0 Å². The van der Waals surface area contributed by atoms with Gasteiger partial charge in [0, 0.05) is 11.1 Å². The van der Waals surface area contributed by atoms with Crippen LogP contribution >= 0.6 is 0 Å². The summed E-state index contributed by atoms with van der Waals surface area (Å²) in [5.74, 6) is -1.13. The van der Waals surface area contributed by atoms with Crippen LogP contribution in [0.4, 0.5) is 10.5 Å². The molecule has 0 saturated carbocycles. The monoisotopic (exact) mass is 437 g/mol. The topological polar surface area (TPSA) is 97.3 Å². The number of para-hydroxylation sites is 1. The van der Waals surface area contributed by atoms with Gasteiger partial charge < -0.3 is 9.47 Å². The van der Waals surface area contributed by atoms with Crippen molar-refractivity contribution in [2.24, 2.45) is 4.99 Å². The van der Waals surface area contributed by atoms with Crippen LogP contribution in [0.1, 0.15) is 38.8 Å². The zero-order chi connectivity index (χ0) is 23.3. The van der Waals surface area contributed by atoms with Crippen LogP contribution in [0.25, 0.3) is 0 Å². The standard InChI is InChI=1S/C24H27N3O5/c1-5-31-19(28)15-27-18-14-10-9-13-17(18)20(16-11-7-6-8-12-16)25-21(22(27)29)26-23(30)32-24(2,3)4/h6-14,21H,5,15H2,1-4H3,(H,26,30). The molecule has 1 aliphatic heterocycles. The zero-order valence-electron chi connectivity index (χ0n) is 18.6. The maximum absolute atomic E-state index is 13.5. The number of aliphatic imine (C=N–C) groups is 1. The maximum atomic E-state index is 13.5. The molecule has 0 aromatic heterocycles. The number of carbonyl (C=O) groups excluding carboxylic acids is 3. The van der Waals surface area contributed by atoms with Crippen molar-refractivity contribution in [2.45, 2.75) is 39.5 Å². The number of ether oxygens (including phenoxy) is 2. The number of benzodiazepines with no additional fused rings is 1. The Hall–Kier alpha value is -3.68. The molecule has 3 rings (SSSR count). The minimum Gasteiger partial charge on any atom is -0.465 e. The van der Waals surface area contributed by atoms with Crippen LogP contribution in [-0.4, -0.2) is 48.6 Å². The largest absolute Gasteiger partial charge is 0.465 e. The fraction of sp³-hybridized carbons (Fsp3) is 0.333. The van der Waals surface area contributed by atoms with E-state index in [-0.39, 0.29) is 13.2 Å². The first-order valence-electron chi connectivity index (χ1n) is 10.4. The summed E-state index contributed by atoms with van der Waals surface area (Å²) in [6.07, 6.45) is -2.07. The van der Waals surface area contributed by atoms with E-state index in [1.165, 1.54) is 4.90 Å². The fourth-order valence-corrected chi connectivity index (χ4v) is 3.27. The Kier molecular flexibility index (Phi) is 6.92. The second-order valence-electron chi connectivity index (χ2n) is 8.14. The van der Waals surface area contributed by atoms with Gasteiger partial charge in [-0.3, -0.25) is 19.8 Å². The first-order chi connectivity index (χ1) is 15.2. The van der Waals surface area contributed by atoms with E-state index in [9.17, 15) is 14.4 Å². The van der Waals surface area contributed by atoms with Crippen LogP contribution in [0.5, 0.6) is 0 Å². The van der Waals surface area contributed by atoms with Crippen molar-refractivity contribution in [2.75, 3.05) is 18.1 Å². The van der Waals surface area contributed by atoms with Gasteiger partial charge >= 0.3 is 12.1 Å². The lowest BCUT2D eigenvalue weighted by Gasteiger charge is -2.25. The van der Waals surface area contributed by atoms with Gasteiger partial charge in [-0.1, -0.05) is 48.5 Å². The lowest BCUT2D eigenvalue weighted by Crippen LogP contribution is -2.50. The van der Waals surface area contributed by atoms with E-state index < -0.39 is 29.7 Å². The van der Waals surface area contributed by atoms with E-state index in [0.29, 0.717) is 17.0 Å². The molecule has 0 saturated heterocycles. The Morgan fingerprint density at radius 3 is 2.38 bits per heavy atom. The number of fused-ring (bicyclic) bond motifs is 1. The number of esters is 1. The van der Waals surface area contributed by atoms with Crippen molar-refractivity contribution >= 4 is 29.4 Å². The van der Waals surface area contributed by atoms with Gasteiger partial charge in [-0.15, -0.1) is 0 Å². The van der Waals surface area contributed by atoms with Crippen LogP contribution in [0.3, 0.4) is 0 Å². The Balaban J connectivity index is 2.09. The number of alkyl carbamates (subject to hydrolysis) is 1. The first kappa shape index (κ1) is 23.0. The van der Waals surface area contributed by atoms with Crippen molar-refractivity contribution in [1.82, 2.24) is 5.32 Å². The number of carbonyl (C=O) groups is 3. The SMILES string of the molecule is CCOC(=O)CN1C(=O)C(NC(=O)OC(C)(C)C)N=C(c2ccccc2)c2ccccc21. The van der Waals surface area contributed by atoms with Crippen molar-refractivity contribution in [3.8, 4) is 0 Å². The minimum absolute atomic E-state index is 0.188. The van der Waals surface area contributed by atoms with E-state index in [1.54, 1.807) is 39.8 Å². The Morgan fingerprint density at radius 2 is 1.72 bits per heavy atom. The highest BCUT2D eigenvalue weighted by Crippen LogP contribution is 2.28. The van der Waals surface area contributed by atoms with E-state index >= 15 is 0 Å². The summed E-state index contributed by atoms with van der Waals surface area (Å²) in [4.78, 5) is 44.1. The van der Waals surface area contributed by atoms with Crippen molar-refractivity contribution in [1.29, 1.82) is 0 Å². The van der Waals surface area contributed by atoms with Crippen LogP contribution < -0.4 is 10.2 Å². The van der Waals surface area contributed by atoms with E-state index in [0.717, 1.165) is 5.56 Å². The molecular formula is C24H27N3O5. The lowest BCUT2D eigenvalue weighted by atomic mass is 10.0. The average Bonchev–Trinajstić information content (AvgIpc) is 2.84. The van der Waals surface area contributed by atoms with Gasteiger partial charge in [0.25, 0.3) is 5.91 Å². The van der Waals surface area contributed by atoms with E-state index in [2.05, 4.69) is 10.3 Å². The number of benzene rings is 2. The molecule has 168 valence electrons. The molecule has 2 aromatic carbocycles. The third-order valence-corrected chi connectivity index (χ3v) is 4.50. The number of anilines is 1. The molecule has 1 aliphatic rings. The number of rotatable bonds is 5. The summed E-state index contributed by atoms with van der Waals surface area (Å²) in [6.45, 7) is 6.75. The third-order valence-electron chi connectivity index (χ3n) is 4.50. The molecule has 2 aromatic rings. The number of hydrogen-bond donors (Lipinski definition) is 1. The second-order valence-corrected chi connectivity index (χ2v) is 8.14. The summed E-state index contributed by atoms with van der Waals surface area (Å²) in [5.41, 5.74) is 1.69. The van der Waals surface area contributed by atoms with Crippen molar-refractivity contribution in [3.63, 3.8) is 0 Å². The van der Waals surface area contributed by atoms with Gasteiger partial charge in [-0.25, -0.2) is 9.79 Å². The van der Waals surface area contributed by atoms with Crippen molar-refractivity contribution < 1.29 is 23.9 Å².